The molecule has 1 fully saturated rings. The molecule has 0 radical (unpaired) electrons. The van der Waals surface area contributed by atoms with Crippen LogP contribution in [-0.4, -0.2) is 66.1 Å². The van der Waals surface area contributed by atoms with E-state index in [-0.39, 0.29) is 13.2 Å². The van der Waals surface area contributed by atoms with E-state index in [1.165, 1.54) is 0 Å². The van der Waals surface area contributed by atoms with E-state index in [1.54, 1.807) is 13.8 Å². The lowest BCUT2D eigenvalue weighted by Gasteiger charge is -2.24. The molecule has 0 aromatic rings. The Morgan fingerprint density at radius 1 is 0.962 bits per heavy atom. The number of aliphatic hydroxyl groups excluding tert-OH is 2. The monoisotopic (exact) mass is 376 g/mol. The van der Waals surface area contributed by atoms with Gasteiger partial charge in [-0.15, -0.1) is 0 Å². The molecule has 26 heavy (non-hydrogen) atoms. The Bertz CT molecular complexity index is 427. The lowest BCUT2D eigenvalue weighted by atomic mass is 10.0. The average Bonchev–Trinajstić information content (AvgIpc) is 3.05. The predicted molar refractivity (Wildman–Crippen MR) is 92.2 cm³/mol. The number of carbonyl (C=O) groups is 2. The average molecular weight is 376 g/mol. The summed E-state index contributed by atoms with van der Waals surface area (Å²) >= 11 is 0. The van der Waals surface area contributed by atoms with E-state index in [4.69, 9.17) is 18.9 Å². The molecule has 2 N–H and O–H groups in total. The lowest BCUT2D eigenvalue weighted by Crippen LogP contribution is -2.49. The minimum atomic E-state index is -1.83. The molecule has 1 saturated heterocycles. The number of carbonyl (C=O) groups excluding carboxylic acids is 2. The maximum absolute atomic E-state index is 12.1. The third-order valence-electron chi connectivity index (χ3n) is 4.16. The first-order valence-corrected chi connectivity index (χ1v) is 9.46. The van der Waals surface area contributed by atoms with Crippen LogP contribution in [0.3, 0.4) is 0 Å². The van der Waals surface area contributed by atoms with Gasteiger partial charge in [0, 0.05) is 0 Å². The fourth-order valence-corrected chi connectivity index (χ4v) is 2.79. The van der Waals surface area contributed by atoms with Gasteiger partial charge in [0.05, 0.1) is 13.2 Å². The van der Waals surface area contributed by atoms with Crippen LogP contribution in [0.2, 0.25) is 0 Å². The van der Waals surface area contributed by atoms with Gasteiger partial charge in [0.2, 0.25) is 0 Å². The van der Waals surface area contributed by atoms with E-state index in [9.17, 15) is 19.8 Å². The summed E-state index contributed by atoms with van der Waals surface area (Å²) in [6.45, 7) is 5.57. The Labute approximate surface area is 154 Å². The van der Waals surface area contributed by atoms with Crippen LogP contribution in [0.25, 0.3) is 0 Å². The zero-order valence-corrected chi connectivity index (χ0v) is 15.9. The minimum Gasteiger partial charge on any atom is -0.464 e. The van der Waals surface area contributed by atoms with Gasteiger partial charge in [-0.1, -0.05) is 32.6 Å². The second kappa shape index (κ2) is 12.2. The van der Waals surface area contributed by atoms with Crippen molar-refractivity contribution in [2.24, 2.45) is 0 Å². The van der Waals surface area contributed by atoms with Crippen molar-refractivity contribution in [2.75, 3.05) is 13.2 Å². The van der Waals surface area contributed by atoms with E-state index in [0.717, 1.165) is 32.1 Å². The second-order valence-electron chi connectivity index (χ2n) is 6.23. The largest absolute Gasteiger partial charge is 0.464 e. The molecule has 1 rings (SSSR count). The molecule has 1 unspecified atom stereocenters. The quantitative estimate of drug-likeness (QED) is 0.387. The third-order valence-corrected chi connectivity index (χ3v) is 4.16. The van der Waals surface area contributed by atoms with Gasteiger partial charge in [-0.3, -0.25) is 0 Å². The SMILES string of the molecule is CCCCCCCC1O[C@H]([C@H](O)[C@@H](O)C(=O)OCC)[C@@H](C(=O)OCC)O1. The zero-order chi connectivity index (χ0) is 19.5. The van der Waals surface area contributed by atoms with E-state index in [0.29, 0.717) is 6.42 Å². The molecule has 1 heterocycles. The smallest absolute Gasteiger partial charge is 0.338 e. The normalized spacial score (nSPS) is 24.9. The molecule has 8 nitrogen and oxygen atoms in total. The van der Waals surface area contributed by atoms with Crippen molar-refractivity contribution in [2.45, 2.75) is 90.0 Å². The summed E-state index contributed by atoms with van der Waals surface area (Å²) in [5.74, 6) is -1.67. The molecule has 0 aromatic heterocycles. The molecule has 152 valence electrons. The maximum atomic E-state index is 12.1. The van der Waals surface area contributed by atoms with Crippen LogP contribution in [0.5, 0.6) is 0 Å². The fraction of sp³-hybridized carbons (Fsp3) is 0.889. The first-order chi connectivity index (χ1) is 12.5. The van der Waals surface area contributed by atoms with Crippen molar-refractivity contribution in [1.29, 1.82) is 0 Å². The Morgan fingerprint density at radius 3 is 2.23 bits per heavy atom. The van der Waals surface area contributed by atoms with Crippen LogP contribution in [0.4, 0.5) is 0 Å². The Morgan fingerprint density at radius 2 is 1.62 bits per heavy atom. The van der Waals surface area contributed by atoms with Crippen LogP contribution in [0.1, 0.15) is 59.3 Å². The molecular formula is C18H32O8. The van der Waals surface area contributed by atoms with Crippen LogP contribution in [0.15, 0.2) is 0 Å². The fourth-order valence-electron chi connectivity index (χ4n) is 2.79. The number of unbranched alkanes of at least 4 members (excludes halogenated alkanes) is 4. The minimum absolute atomic E-state index is 0.0618. The molecule has 8 heteroatoms. The van der Waals surface area contributed by atoms with E-state index in [2.05, 4.69) is 6.92 Å². The van der Waals surface area contributed by atoms with Gasteiger partial charge in [0.15, 0.2) is 18.5 Å². The molecule has 5 atom stereocenters. The van der Waals surface area contributed by atoms with Crippen LogP contribution < -0.4 is 0 Å². The summed E-state index contributed by atoms with van der Waals surface area (Å²) in [7, 11) is 0. The molecular weight excluding hydrogens is 344 g/mol. The highest BCUT2D eigenvalue weighted by molar-refractivity contribution is 5.77. The first-order valence-electron chi connectivity index (χ1n) is 9.46. The zero-order valence-electron chi connectivity index (χ0n) is 15.9. The van der Waals surface area contributed by atoms with Gasteiger partial charge in [0.1, 0.15) is 12.2 Å². The number of hydrogen-bond acceptors (Lipinski definition) is 8. The molecule has 0 aromatic carbocycles. The Balaban J connectivity index is 2.68. The van der Waals surface area contributed by atoms with Gasteiger partial charge in [-0.05, 0) is 26.7 Å². The Hall–Kier alpha value is -1.22. The first kappa shape index (κ1) is 22.8. The number of rotatable bonds is 12. The molecule has 1 aliphatic heterocycles. The van der Waals surface area contributed by atoms with E-state index >= 15 is 0 Å². The van der Waals surface area contributed by atoms with Crippen LogP contribution in [0, 0.1) is 0 Å². The van der Waals surface area contributed by atoms with Crippen LogP contribution in [-0.2, 0) is 28.5 Å². The molecule has 1 aliphatic rings. The lowest BCUT2D eigenvalue weighted by molar-refractivity contribution is -0.169. The number of aliphatic hydroxyl groups is 2. The van der Waals surface area contributed by atoms with Crippen LogP contribution >= 0.6 is 0 Å². The number of esters is 2. The van der Waals surface area contributed by atoms with E-state index in [1.807, 2.05) is 0 Å². The number of hydrogen-bond donors (Lipinski definition) is 2. The van der Waals surface area contributed by atoms with Gasteiger partial charge >= 0.3 is 11.9 Å². The molecule has 0 amide bonds. The molecule has 0 bridgehead atoms. The van der Waals surface area contributed by atoms with Crippen molar-refractivity contribution >= 4 is 11.9 Å². The van der Waals surface area contributed by atoms with Gasteiger partial charge in [-0.2, -0.15) is 0 Å². The van der Waals surface area contributed by atoms with Gasteiger partial charge in [-0.25, -0.2) is 9.59 Å². The van der Waals surface area contributed by atoms with Gasteiger partial charge < -0.3 is 29.2 Å². The summed E-state index contributed by atoms with van der Waals surface area (Å²) in [4.78, 5) is 23.8. The Kier molecular flexibility index (Phi) is 10.7. The predicted octanol–water partition coefficient (Wildman–Crippen LogP) is 1.30. The maximum Gasteiger partial charge on any atom is 0.338 e. The highest BCUT2D eigenvalue weighted by atomic mass is 16.7. The number of ether oxygens (including phenoxy) is 4. The van der Waals surface area contributed by atoms with E-state index < -0.39 is 42.6 Å². The molecule has 0 saturated carbocycles. The summed E-state index contributed by atoms with van der Waals surface area (Å²) in [5, 5.41) is 20.3. The van der Waals surface area contributed by atoms with Crippen molar-refractivity contribution in [1.82, 2.24) is 0 Å². The summed E-state index contributed by atoms with van der Waals surface area (Å²) in [5.41, 5.74) is 0. The van der Waals surface area contributed by atoms with Crippen molar-refractivity contribution < 1.29 is 38.7 Å². The summed E-state index contributed by atoms with van der Waals surface area (Å²) in [6, 6.07) is 0. The molecule has 0 spiro atoms. The highest BCUT2D eigenvalue weighted by Crippen LogP contribution is 2.28. The summed E-state index contributed by atoms with van der Waals surface area (Å²) < 4.78 is 20.8. The van der Waals surface area contributed by atoms with Crippen molar-refractivity contribution in [3.63, 3.8) is 0 Å². The van der Waals surface area contributed by atoms with Crippen molar-refractivity contribution in [3.05, 3.63) is 0 Å². The van der Waals surface area contributed by atoms with Gasteiger partial charge in [0.25, 0.3) is 0 Å². The highest BCUT2D eigenvalue weighted by Gasteiger charge is 2.48. The topological polar surface area (TPSA) is 112 Å². The second-order valence-corrected chi connectivity index (χ2v) is 6.23. The van der Waals surface area contributed by atoms with Crippen molar-refractivity contribution in [3.8, 4) is 0 Å². The summed E-state index contributed by atoms with van der Waals surface area (Å²) in [6.07, 6.45) is -0.757. The third kappa shape index (κ3) is 6.83. The standard InChI is InChI=1S/C18H32O8/c1-4-7-8-9-10-11-12-25-15(16(26-12)18(22)24-6-3)13(19)14(20)17(21)23-5-2/h12-16,19-20H,4-11H2,1-3H3/t12?,13-,14-,15-,16+/m1/s1. The molecule has 0 aliphatic carbocycles.